The number of aryl methyl sites for hydroxylation is 1. The third-order valence-corrected chi connectivity index (χ3v) is 8.22. The summed E-state index contributed by atoms with van der Waals surface area (Å²) < 4.78 is 28.9. The van der Waals surface area contributed by atoms with Crippen molar-refractivity contribution in [3.8, 4) is 0 Å². The molecule has 0 spiro atoms. The van der Waals surface area contributed by atoms with Crippen LogP contribution in [0.2, 0.25) is 0 Å². The lowest BCUT2D eigenvalue weighted by Crippen LogP contribution is -2.50. The zero-order chi connectivity index (χ0) is 24.0. The van der Waals surface area contributed by atoms with Crippen molar-refractivity contribution in [2.45, 2.75) is 62.4 Å². The maximum Gasteiger partial charge on any atom is 0.303 e. The number of carboxylic acid groups (broad SMARTS) is 1. The number of sulfonamides is 1. The summed E-state index contributed by atoms with van der Waals surface area (Å²) in [6, 6.07) is 4.79. The number of hydrogen-bond acceptors (Lipinski definition) is 5. The molecule has 9 nitrogen and oxygen atoms in total. The van der Waals surface area contributed by atoms with Gasteiger partial charge in [0.2, 0.25) is 10.0 Å². The molecule has 1 aromatic carbocycles. The minimum Gasteiger partial charge on any atom is -0.481 e. The highest BCUT2D eigenvalue weighted by atomic mass is 35.5. The van der Waals surface area contributed by atoms with Gasteiger partial charge in [0.15, 0.2) is 0 Å². The Bertz CT molecular complexity index is 1380. The molecule has 0 bridgehead atoms. The van der Waals surface area contributed by atoms with Crippen molar-refractivity contribution in [2.24, 2.45) is 0 Å². The third-order valence-electron chi connectivity index (χ3n) is 6.32. The molecule has 1 fully saturated rings. The van der Waals surface area contributed by atoms with Crippen molar-refractivity contribution in [2.75, 3.05) is 13.6 Å². The number of aliphatic carboxylic acids is 1. The van der Waals surface area contributed by atoms with E-state index in [1.807, 2.05) is 20.9 Å². The summed E-state index contributed by atoms with van der Waals surface area (Å²) in [5.41, 5.74) is 1.01. The van der Waals surface area contributed by atoms with Gasteiger partial charge in [0.1, 0.15) is 5.52 Å². The van der Waals surface area contributed by atoms with E-state index in [1.54, 1.807) is 22.6 Å². The summed E-state index contributed by atoms with van der Waals surface area (Å²) in [6.07, 6.45) is 4.29. The number of aromatic nitrogens is 2. The highest BCUT2D eigenvalue weighted by Gasteiger charge is 2.40. The summed E-state index contributed by atoms with van der Waals surface area (Å²) in [7, 11) is -1.94. The van der Waals surface area contributed by atoms with Crippen LogP contribution < -0.4 is 10.9 Å². The standard InChI is InChI=1S/C23H30N4O5S.ClH/c1-23(2,24-3)13-27(15-7-8-15)33(31,32)16-9-10-18-17(11-16)20-14(5-4-6-19(28)29)12-25-21(20)22(30)26-18;/h9-12,15,24-25H,4-8,13H2,1-3H3,(H,26,30)(H,28,29);1H. The molecule has 1 saturated carbocycles. The largest absolute Gasteiger partial charge is 0.481 e. The highest BCUT2D eigenvalue weighted by Crippen LogP contribution is 2.35. The third kappa shape index (κ3) is 5.14. The smallest absolute Gasteiger partial charge is 0.303 e. The van der Waals surface area contributed by atoms with Gasteiger partial charge in [-0.25, -0.2) is 8.42 Å². The van der Waals surface area contributed by atoms with E-state index in [0.717, 1.165) is 18.4 Å². The summed E-state index contributed by atoms with van der Waals surface area (Å²) in [4.78, 5) is 29.4. The summed E-state index contributed by atoms with van der Waals surface area (Å²) in [5.74, 6) is -0.879. The average Bonchev–Trinajstić information content (AvgIpc) is 3.50. The lowest BCUT2D eigenvalue weighted by Gasteiger charge is -2.32. The predicted octanol–water partition coefficient (Wildman–Crippen LogP) is 2.99. The average molecular weight is 511 g/mol. The Morgan fingerprint density at radius 3 is 2.62 bits per heavy atom. The molecule has 0 amide bonds. The van der Waals surface area contributed by atoms with Crippen LogP contribution in [0.1, 0.15) is 45.1 Å². The molecule has 0 atom stereocenters. The van der Waals surface area contributed by atoms with Gasteiger partial charge in [-0.05, 0) is 70.3 Å². The number of hydrogen-bond donors (Lipinski definition) is 4. The fourth-order valence-electron chi connectivity index (χ4n) is 4.14. The maximum atomic E-state index is 13.7. The summed E-state index contributed by atoms with van der Waals surface area (Å²) in [5, 5.41) is 13.4. The topological polar surface area (TPSA) is 135 Å². The molecule has 0 saturated heterocycles. The number of nitrogens with zero attached hydrogens (tertiary/aromatic N) is 1. The quantitative estimate of drug-likeness (QED) is 0.331. The SMILES string of the molecule is CNC(C)(C)CN(C1CC1)S(=O)(=O)c1ccc2[nH]c(=O)c3[nH]cc(CCCC(=O)O)c3c2c1.Cl. The van der Waals surface area contributed by atoms with Crippen molar-refractivity contribution < 1.29 is 18.3 Å². The number of halogens is 1. The molecule has 0 radical (unpaired) electrons. The molecule has 0 unspecified atom stereocenters. The van der Waals surface area contributed by atoms with Gasteiger partial charge in [-0.15, -0.1) is 12.4 Å². The first-order valence-corrected chi connectivity index (χ1v) is 12.6. The van der Waals surface area contributed by atoms with E-state index in [-0.39, 0.29) is 40.9 Å². The van der Waals surface area contributed by atoms with Crippen LogP contribution in [0.5, 0.6) is 0 Å². The molecule has 11 heteroatoms. The molecule has 3 aromatic rings. The van der Waals surface area contributed by atoms with E-state index in [0.29, 0.717) is 41.2 Å². The number of pyridine rings is 1. The second-order valence-electron chi connectivity index (χ2n) is 9.39. The van der Waals surface area contributed by atoms with Gasteiger partial charge in [-0.3, -0.25) is 9.59 Å². The summed E-state index contributed by atoms with van der Waals surface area (Å²) >= 11 is 0. The van der Waals surface area contributed by atoms with Crippen molar-refractivity contribution in [3.63, 3.8) is 0 Å². The summed E-state index contributed by atoms with van der Waals surface area (Å²) in [6.45, 7) is 4.28. The second-order valence-corrected chi connectivity index (χ2v) is 11.3. The van der Waals surface area contributed by atoms with Crippen LogP contribution in [0.4, 0.5) is 0 Å². The number of likely N-dealkylation sites (N-methyl/N-ethyl adjacent to an activating group) is 1. The molecule has 4 N–H and O–H groups in total. The Morgan fingerprint density at radius 1 is 1.29 bits per heavy atom. The van der Waals surface area contributed by atoms with Gasteiger partial charge < -0.3 is 20.4 Å². The van der Waals surface area contributed by atoms with E-state index < -0.39 is 16.0 Å². The van der Waals surface area contributed by atoms with Crippen molar-refractivity contribution in [3.05, 3.63) is 40.3 Å². The van der Waals surface area contributed by atoms with E-state index in [9.17, 15) is 18.0 Å². The van der Waals surface area contributed by atoms with Crippen molar-refractivity contribution >= 4 is 50.2 Å². The Hall–Kier alpha value is -2.40. The molecule has 34 heavy (non-hydrogen) atoms. The first-order valence-electron chi connectivity index (χ1n) is 11.1. The molecular weight excluding hydrogens is 480 g/mol. The normalized spacial score (nSPS) is 14.6. The number of H-pyrrole nitrogens is 2. The fourth-order valence-corrected chi connectivity index (χ4v) is 6.01. The number of rotatable bonds is 10. The van der Waals surface area contributed by atoms with Gasteiger partial charge in [-0.2, -0.15) is 4.31 Å². The monoisotopic (exact) mass is 510 g/mol. The fraction of sp³-hybridized carbons (Fsp3) is 0.478. The number of fused-ring (bicyclic) bond motifs is 3. The van der Waals surface area contributed by atoms with Gasteiger partial charge >= 0.3 is 5.97 Å². The number of carboxylic acids is 1. The van der Waals surface area contributed by atoms with E-state index in [1.165, 1.54) is 6.07 Å². The van der Waals surface area contributed by atoms with E-state index in [2.05, 4.69) is 15.3 Å². The van der Waals surface area contributed by atoms with Crippen LogP contribution >= 0.6 is 12.4 Å². The van der Waals surface area contributed by atoms with Crippen LogP contribution in [0.3, 0.4) is 0 Å². The zero-order valence-corrected chi connectivity index (χ0v) is 21.1. The molecule has 1 aliphatic rings. The predicted molar refractivity (Wildman–Crippen MR) is 134 cm³/mol. The minimum absolute atomic E-state index is 0. The van der Waals surface area contributed by atoms with E-state index in [4.69, 9.17) is 5.11 Å². The zero-order valence-electron chi connectivity index (χ0n) is 19.5. The Balaban J connectivity index is 0.00000324. The minimum atomic E-state index is -3.76. The van der Waals surface area contributed by atoms with Gasteiger partial charge in [0.25, 0.3) is 5.56 Å². The molecule has 0 aliphatic heterocycles. The van der Waals surface area contributed by atoms with Crippen LogP contribution in [-0.4, -0.2) is 58.9 Å². The second kappa shape index (κ2) is 9.69. The number of aromatic amines is 2. The molecule has 2 aromatic heterocycles. The molecular formula is C23H31ClN4O5S. The Labute approximate surface area is 204 Å². The molecule has 186 valence electrons. The van der Waals surface area contributed by atoms with Crippen LogP contribution in [0, 0.1) is 0 Å². The van der Waals surface area contributed by atoms with E-state index >= 15 is 0 Å². The first-order chi connectivity index (χ1) is 15.5. The lowest BCUT2D eigenvalue weighted by molar-refractivity contribution is -0.137. The van der Waals surface area contributed by atoms with Gasteiger partial charge in [-0.1, -0.05) is 0 Å². The number of benzene rings is 1. The molecule has 4 rings (SSSR count). The Morgan fingerprint density at radius 2 is 2.00 bits per heavy atom. The Kier molecular flexibility index (Phi) is 7.47. The van der Waals surface area contributed by atoms with Crippen molar-refractivity contribution in [1.82, 2.24) is 19.6 Å². The van der Waals surface area contributed by atoms with Crippen molar-refractivity contribution in [1.29, 1.82) is 0 Å². The number of carbonyl (C=O) groups is 1. The first kappa shape index (κ1) is 26.2. The van der Waals surface area contributed by atoms with Gasteiger partial charge in [0.05, 0.1) is 4.90 Å². The number of nitrogens with one attached hydrogen (secondary N) is 3. The lowest BCUT2D eigenvalue weighted by atomic mass is 10.0. The highest BCUT2D eigenvalue weighted by molar-refractivity contribution is 7.89. The molecule has 2 heterocycles. The molecule has 1 aliphatic carbocycles. The maximum absolute atomic E-state index is 13.7. The van der Waals surface area contributed by atoms with Crippen LogP contribution in [-0.2, 0) is 21.2 Å². The van der Waals surface area contributed by atoms with Crippen LogP contribution in [0.15, 0.2) is 34.1 Å². The van der Waals surface area contributed by atoms with Crippen LogP contribution in [0.25, 0.3) is 21.8 Å². The van der Waals surface area contributed by atoms with Gasteiger partial charge in [0, 0.05) is 47.0 Å².